The molecule has 0 aromatic heterocycles. The number of likely N-dealkylation sites (tertiary alicyclic amines) is 1. The van der Waals surface area contributed by atoms with Gasteiger partial charge in [0.15, 0.2) is 0 Å². The molecule has 0 aromatic carbocycles. The summed E-state index contributed by atoms with van der Waals surface area (Å²) in [7, 11) is 0. The van der Waals surface area contributed by atoms with E-state index in [1.807, 2.05) is 0 Å². The number of nitrogens with one attached hydrogen (secondary N) is 1. The summed E-state index contributed by atoms with van der Waals surface area (Å²) >= 11 is 0. The summed E-state index contributed by atoms with van der Waals surface area (Å²) in [5, 5.41) is 3.60. The van der Waals surface area contributed by atoms with Crippen molar-refractivity contribution in [1.29, 1.82) is 0 Å². The van der Waals surface area contributed by atoms with E-state index in [1.165, 1.54) is 58.0 Å². The van der Waals surface area contributed by atoms with Gasteiger partial charge in [-0.05, 0) is 50.9 Å². The Hall–Kier alpha value is -0.120. The first-order valence-corrected chi connectivity index (χ1v) is 8.00. The number of piperidine rings is 1. The van der Waals surface area contributed by atoms with E-state index in [0.29, 0.717) is 12.2 Å². The van der Waals surface area contributed by atoms with Crippen LogP contribution in [-0.4, -0.2) is 48.8 Å². The van der Waals surface area contributed by atoms with Crippen molar-refractivity contribution in [2.75, 3.05) is 19.6 Å². The number of hydrogen-bond donors (Lipinski definition) is 1. The second-order valence-corrected chi connectivity index (χ2v) is 6.93. The van der Waals surface area contributed by atoms with Crippen LogP contribution in [0.15, 0.2) is 0 Å². The quantitative estimate of drug-likeness (QED) is 0.805. The molecule has 2 saturated heterocycles. The Bertz CT molecular complexity index is 305. The zero-order chi connectivity index (χ0) is 11.9. The fraction of sp³-hybridized carbons (Fsp3) is 1.00. The Morgan fingerprint density at radius 3 is 2.61 bits per heavy atom. The highest BCUT2D eigenvalue weighted by Crippen LogP contribution is 2.38. The van der Waals surface area contributed by atoms with Crippen LogP contribution in [0.25, 0.3) is 0 Å². The first-order chi connectivity index (χ1) is 8.87. The first kappa shape index (κ1) is 11.7. The summed E-state index contributed by atoms with van der Waals surface area (Å²) in [5.41, 5.74) is 0. The third kappa shape index (κ3) is 2.45. The predicted octanol–water partition coefficient (Wildman–Crippen LogP) is 1.77. The van der Waals surface area contributed by atoms with Crippen LogP contribution in [0.3, 0.4) is 0 Å². The molecule has 2 aliphatic heterocycles. The third-order valence-electron chi connectivity index (χ3n) is 5.37. The maximum atomic E-state index is 6.21. The molecule has 4 rings (SSSR count). The van der Waals surface area contributed by atoms with E-state index in [4.69, 9.17) is 4.74 Å². The van der Waals surface area contributed by atoms with Gasteiger partial charge in [-0.1, -0.05) is 0 Å². The topological polar surface area (TPSA) is 24.5 Å². The molecule has 4 unspecified atom stereocenters. The van der Waals surface area contributed by atoms with Crippen LogP contribution < -0.4 is 5.32 Å². The SMILES string of the molecule is C1CC2CC1CN2CC1CCC(CNC2CC2)O1. The molecule has 0 amide bonds. The second-order valence-electron chi connectivity index (χ2n) is 6.93. The van der Waals surface area contributed by atoms with Gasteiger partial charge in [0.1, 0.15) is 0 Å². The van der Waals surface area contributed by atoms with Crippen molar-refractivity contribution in [3.05, 3.63) is 0 Å². The minimum atomic E-state index is 0.496. The first-order valence-electron chi connectivity index (χ1n) is 8.00. The molecule has 102 valence electrons. The molecule has 4 aliphatic rings. The molecule has 1 N–H and O–H groups in total. The molecule has 0 radical (unpaired) electrons. The minimum absolute atomic E-state index is 0.496. The Balaban J connectivity index is 1.21. The Morgan fingerprint density at radius 2 is 1.89 bits per heavy atom. The summed E-state index contributed by atoms with van der Waals surface area (Å²) in [6.45, 7) is 3.66. The summed E-state index contributed by atoms with van der Waals surface area (Å²) in [4.78, 5) is 2.72. The van der Waals surface area contributed by atoms with Crippen LogP contribution in [0.1, 0.15) is 44.9 Å². The average Bonchev–Trinajstić information content (AvgIpc) is 2.78. The van der Waals surface area contributed by atoms with Gasteiger partial charge >= 0.3 is 0 Å². The number of hydrogen-bond acceptors (Lipinski definition) is 3. The fourth-order valence-corrected chi connectivity index (χ4v) is 4.16. The van der Waals surface area contributed by atoms with E-state index in [9.17, 15) is 0 Å². The standard InChI is InChI=1S/C15H26N2O/c1-4-13-7-11(1)9-17(13)10-15-6-5-14(18-15)8-16-12-2-3-12/h11-16H,1-10H2. The van der Waals surface area contributed by atoms with Gasteiger partial charge in [-0.2, -0.15) is 0 Å². The smallest absolute Gasteiger partial charge is 0.0707 e. The van der Waals surface area contributed by atoms with Gasteiger partial charge in [0.2, 0.25) is 0 Å². The van der Waals surface area contributed by atoms with Crippen LogP contribution in [-0.2, 0) is 4.74 Å². The van der Waals surface area contributed by atoms with E-state index in [1.54, 1.807) is 0 Å². The van der Waals surface area contributed by atoms with Crippen LogP contribution in [0.5, 0.6) is 0 Å². The van der Waals surface area contributed by atoms with Gasteiger partial charge < -0.3 is 10.1 Å². The van der Waals surface area contributed by atoms with Gasteiger partial charge in [0.25, 0.3) is 0 Å². The number of rotatable bonds is 5. The highest BCUT2D eigenvalue weighted by molar-refractivity contribution is 4.94. The van der Waals surface area contributed by atoms with Crippen molar-refractivity contribution in [1.82, 2.24) is 10.2 Å². The molecule has 3 heteroatoms. The highest BCUT2D eigenvalue weighted by atomic mass is 16.5. The fourth-order valence-electron chi connectivity index (χ4n) is 4.16. The number of ether oxygens (including phenoxy) is 1. The monoisotopic (exact) mass is 250 g/mol. The van der Waals surface area contributed by atoms with Crippen molar-refractivity contribution < 1.29 is 4.74 Å². The predicted molar refractivity (Wildman–Crippen MR) is 71.6 cm³/mol. The van der Waals surface area contributed by atoms with E-state index < -0.39 is 0 Å². The number of fused-ring (bicyclic) bond motifs is 2. The normalized spacial score (nSPS) is 44.0. The molecule has 18 heavy (non-hydrogen) atoms. The lowest BCUT2D eigenvalue weighted by atomic mass is 10.1. The third-order valence-corrected chi connectivity index (χ3v) is 5.37. The highest BCUT2D eigenvalue weighted by Gasteiger charge is 2.39. The molecular weight excluding hydrogens is 224 g/mol. The zero-order valence-electron chi connectivity index (χ0n) is 11.3. The van der Waals surface area contributed by atoms with E-state index in [2.05, 4.69) is 10.2 Å². The van der Waals surface area contributed by atoms with Gasteiger partial charge in [0, 0.05) is 31.7 Å². The second kappa shape index (κ2) is 4.77. The Kier molecular flexibility index (Phi) is 3.10. The average molecular weight is 250 g/mol. The molecule has 4 atom stereocenters. The summed E-state index contributed by atoms with van der Waals surface area (Å²) in [6, 6.07) is 1.73. The van der Waals surface area contributed by atoms with Gasteiger partial charge in [-0.15, -0.1) is 0 Å². The van der Waals surface area contributed by atoms with Crippen molar-refractivity contribution in [2.24, 2.45) is 5.92 Å². The minimum Gasteiger partial charge on any atom is -0.372 e. The molecule has 0 aromatic rings. The summed E-state index contributed by atoms with van der Waals surface area (Å²) in [6.07, 6.45) is 10.7. The number of nitrogens with zero attached hydrogens (tertiary/aromatic N) is 1. The lowest BCUT2D eigenvalue weighted by Crippen LogP contribution is -2.38. The zero-order valence-corrected chi connectivity index (χ0v) is 11.3. The van der Waals surface area contributed by atoms with Gasteiger partial charge in [0.05, 0.1) is 12.2 Å². The van der Waals surface area contributed by atoms with Crippen LogP contribution >= 0.6 is 0 Å². The van der Waals surface area contributed by atoms with Crippen LogP contribution in [0, 0.1) is 5.92 Å². The maximum absolute atomic E-state index is 6.21. The maximum Gasteiger partial charge on any atom is 0.0707 e. The molecule has 0 spiro atoms. The van der Waals surface area contributed by atoms with E-state index >= 15 is 0 Å². The molecular formula is C15H26N2O. The Morgan fingerprint density at radius 1 is 1.00 bits per heavy atom. The van der Waals surface area contributed by atoms with Crippen molar-refractivity contribution in [3.8, 4) is 0 Å². The van der Waals surface area contributed by atoms with Crippen LogP contribution in [0.4, 0.5) is 0 Å². The van der Waals surface area contributed by atoms with E-state index in [-0.39, 0.29) is 0 Å². The molecule has 2 saturated carbocycles. The Labute approximate surface area is 110 Å². The van der Waals surface area contributed by atoms with Gasteiger partial charge in [-0.25, -0.2) is 0 Å². The lowest BCUT2D eigenvalue weighted by molar-refractivity contribution is 0.0172. The van der Waals surface area contributed by atoms with Gasteiger partial charge in [-0.3, -0.25) is 4.90 Å². The van der Waals surface area contributed by atoms with Crippen molar-refractivity contribution >= 4 is 0 Å². The largest absolute Gasteiger partial charge is 0.372 e. The molecule has 2 bridgehead atoms. The summed E-state index contributed by atoms with van der Waals surface area (Å²) < 4.78 is 6.21. The van der Waals surface area contributed by atoms with Crippen LogP contribution in [0.2, 0.25) is 0 Å². The molecule has 4 fully saturated rings. The van der Waals surface area contributed by atoms with E-state index in [0.717, 1.165) is 24.5 Å². The molecule has 3 nitrogen and oxygen atoms in total. The molecule has 2 aliphatic carbocycles. The summed E-state index contributed by atoms with van der Waals surface area (Å²) in [5.74, 6) is 1.02. The van der Waals surface area contributed by atoms with Crippen molar-refractivity contribution in [2.45, 2.75) is 69.2 Å². The van der Waals surface area contributed by atoms with Crippen molar-refractivity contribution in [3.63, 3.8) is 0 Å². The molecule has 2 heterocycles. The lowest BCUT2D eigenvalue weighted by Gasteiger charge is -2.29.